The zero-order valence-electron chi connectivity index (χ0n) is 16.3. The minimum Gasteiger partial charge on any atom is -0.494 e. The predicted octanol–water partition coefficient (Wildman–Crippen LogP) is 3.05. The number of thioether (sulfide) groups is 1. The molecule has 1 heterocycles. The van der Waals surface area contributed by atoms with Crippen LogP contribution in [0.5, 0.6) is 5.75 Å². The number of thiocarbonyl (C=S) groups is 1. The molecule has 28 heavy (non-hydrogen) atoms. The summed E-state index contributed by atoms with van der Waals surface area (Å²) in [5.41, 5.74) is 0.884. The van der Waals surface area contributed by atoms with Crippen molar-refractivity contribution >= 4 is 61.0 Å². The number of methoxy groups -OCH3 is 1. The molecule has 0 amide bonds. The SMILES string of the molecule is COc1cc2nc(C(C)(C)C)n(S(C)(=O)=O)c2cc1NC(=S)SCCC(=O)O. The maximum absolute atomic E-state index is 12.5. The maximum Gasteiger partial charge on any atom is 0.304 e. The standard InChI is InChI=1S/C17H23N3O5S3/c1-17(2,3)15-18-10-9-13(25-4)11(8-12(10)20(15)28(5,23)24)19-16(26)27-7-6-14(21)22/h8-9H,6-7H2,1-5H3,(H,19,26)(H,21,22). The van der Waals surface area contributed by atoms with Gasteiger partial charge in [0.2, 0.25) is 10.0 Å². The molecule has 0 fully saturated rings. The fraction of sp³-hybridized carbons (Fsp3) is 0.471. The number of aromatic nitrogens is 2. The Morgan fingerprint density at radius 3 is 2.54 bits per heavy atom. The summed E-state index contributed by atoms with van der Waals surface area (Å²) >= 11 is 6.44. The van der Waals surface area contributed by atoms with Gasteiger partial charge < -0.3 is 15.2 Å². The Morgan fingerprint density at radius 1 is 1.39 bits per heavy atom. The zero-order chi connectivity index (χ0) is 21.3. The van der Waals surface area contributed by atoms with Gasteiger partial charge in [0.15, 0.2) is 0 Å². The average Bonchev–Trinajstić information content (AvgIpc) is 2.92. The van der Waals surface area contributed by atoms with E-state index in [9.17, 15) is 13.2 Å². The number of anilines is 1. The van der Waals surface area contributed by atoms with Gasteiger partial charge in [-0.1, -0.05) is 44.8 Å². The Labute approximate surface area is 173 Å². The van der Waals surface area contributed by atoms with Crippen LogP contribution in [0.4, 0.5) is 5.69 Å². The van der Waals surface area contributed by atoms with E-state index in [0.29, 0.717) is 38.4 Å². The van der Waals surface area contributed by atoms with Crippen molar-refractivity contribution in [1.82, 2.24) is 8.96 Å². The quantitative estimate of drug-likeness (QED) is 0.648. The van der Waals surface area contributed by atoms with Crippen molar-refractivity contribution in [2.24, 2.45) is 0 Å². The van der Waals surface area contributed by atoms with Gasteiger partial charge in [-0.15, -0.1) is 0 Å². The van der Waals surface area contributed by atoms with E-state index >= 15 is 0 Å². The van der Waals surface area contributed by atoms with Gasteiger partial charge >= 0.3 is 5.97 Å². The van der Waals surface area contributed by atoms with Crippen molar-refractivity contribution in [2.45, 2.75) is 32.6 Å². The molecule has 8 nitrogen and oxygen atoms in total. The summed E-state index contributed by atoms with van der Waals surface area (Å²) in [7, 11) is -2.11. The number of carboxylic acids is 1. The molecule has 2 aromatic rings. The third-order valence-electron chi connectivity index (χ3n) is 3.72. The van der Waals surface area contributed by atoms with Crippen molar-refractivity contribution in [1.29, 1.82) is 0 Å². The van der Waals surface area contributed by atoms with Gasteiger partial charge in [-0.25, -0.2) is 17.4 Å². The van der Waals surface area contributed by atoms with Crippen LogP contribution in [0.15, 0.2) is 12.1 Å². The van der Waals surface area contributed by atoms with Crippen LogP contribution in [0.3, 0.4) is 0 Å². The first-order valence-corrected chi connectivity index (χ1v) is 11.6. The molecule has 0 unspecified atom stereocenters. The van der Waals surface area contributed by atoms with Crippen LogP contribution < -0.4 is 10.1 Å². The van der Waals surface area contributed by atoms with Crippen LogP contribution in [0, 0.1) is 0 Å². The van der Waals surface area contributed by atoms with Crippen molar-refractivity contribution in [3.63, 3.8) is 0 Å². The predicted molar refractivity (Wildman–Crippen MR) is 116 cm³/mol. The summed E-state index contributed by atoms with van der Waals surface area (Å²) in [4.78, 5) is 15.2. The highest BCUT2D eigenvalue weighted by Gasteiger charge is 2.28. The molecule has 154 valence electrons. The summed E-state index contributed by atoms with van der Waals surface area (Å²) in [6, 6.07) is 3.28. The van der Waals surface area contributed by atoms with E-state index in [1.807, 2.05) is 20.8 Å². The van der Waals surface area contributed by atoms with Gasteiger partial charge in [-0.05, 0) is 6.07 Å². The molecule has 0 spiro atoms. The van der Waals surface area contributed by atoms with E-state index in [1.165, 1.54) is 22.8 Å². The molecule has 2 rings (SSSR count). The molecule has 0 atom stereocenters. The second kappa shape index (κ2) is 8.26. The Morgan fingerprint density at radius 2 is 2.04 bits per heavy atom. The molecular weight excluding hydrogens is 422 g/mol. The van der Waals surface area contributed by atoms with E-state index in [1.54, 1.807) is 12.1 Å². The number of fused-ring (bicyclic) bond motifs is 1. The normalized spacial score (nSPS) is 12.2. The Kier molecular flexibility index (Phi) is 6.62. The van der Waals surface area contributed by atoms with Crippen LogP contribution in [0.25, 0.3) is 11.0 Å². The summed E-state index contributed by atoms with van der Waals surface area (Å²) in [6.07, 6.45) is 1.12. The van der Waals surface area contributed by atoms with Gasteiger partial charge in [0.05, 0.1) is 36.5 Å². The largest absolute Gasteiger partial charge is 0.494 e. The van der Waals surface area contributed by atoms with Gasteiger partial charge in [-0.2, -0.15) is 0 Å². The number of aliphatic carboxylic acids is 1. The summed E-state index contributed by atoms with van der Waals surface area (Å²) < 4.78 is 31.9. The number of nitrogens with zero attached hydrogens (tertiary/aromatic N) is 2. The van der Waals surface area contributed by atoms with Gasteiger partial charge in [0.1, 0.15) is 15.9 Å². The molecule has 0 aliphatic carbocycles. The van der Waals surface area contributed by atoms with Crippen LogP contribution in [0.2, 0.25) is 0 Å². The highest BCUT2D eigenvalue weighted by molar-refractivity contribution is 8.23. The highest BCUT2D eigenvalue weighted by Crippen LogP contribution is 2.35. The first-order valence-electron chi connectivity index (χ1n) is 8.31. The number of imidazole rings is 1. The van der Waals surface area contributed by atoms with Crippen molar-refractivity contribution in [2.75, 3.05) is 24.4 Å². The topological polar surface area (TPSA) is 111 Å². The number of carboxylic acid groups (broad SMARTS) is 1. The number of carbonyl (C=O) groups is 1. The molecule has 0 aliphatic rings. The van der Waals surface area contributed by atoms with Crippen molar-refractivity contribution in [3.05, 3.63) is 18.0 Å². The van der Waals surface area contributed by atoms with Gasteiger partial charge in [0.25, 0.3) is 0 Å². The Hall–Kier alpha value is -1.85. The number of nitrogens with one attached hydrogen (secondary N) is 1. The van der Waals surface area contributed by atoms with Crippen molar-refractivity contribution < 1.29 is 23.1 Å². The van der Waals surface area contributed by atoms with Crippen LogP contribution in [-0.2, 0) is 20.2 Å². The first-order chi connectivity index (χ1) is 12.8. The van der Waals surface area contributed by atoms with E-state index in [2.05, 4.69) is 10.3 Å². The van der Waals surface area contributed by atoms with E-state index < -0.39 is 21.4 Å². The lowest BCUT2D eigenvalue weighted by molar-refractivity contribution is -0.136. The fourth-order valence-corrected chi connectivity index (χ4v) is 4.67. The summed E-state index contributed by atoms with van der Waals surface area (Å²) in [5.74, 6) is 0.289. The lowest BCUT2D eigenvalue weighted by atomic mass is 9.96. The zero-order valence-corrected chi connectivity index (χ0v) is 18.7. The van der Waals surface area contributed by atoms with Gasteiger partial charge in [0, 0.05) is 17.2 Å². The van der Waals surface area contributed by atoms with Gasteiger partial charge in [-0.3, -0.25) is 4.79 Å². The monoisotopic (exact) mass is 445 g/mol. The summed E-state index contributed by atoms with van der Waals surface area (Å²) in [6.45, 7) is 5.67. The number of hydrogen-bond acceptors (Lipinski definition) is 7. The minimum atomic E-state index is -3.61. The number of rotatable bonds is 6. The molecule has 1 aromatic carbocycles. The molecule has 0 aliphatic heterocycles. The third-order valence-corrected chi connectivity index (χ3v) is 5.98. The van der Waals surface area contributed by atoms with Crippen molar-refractivity contribution in [3.8, 4) is 5.75 Å². The van der Waals surface area contributed by atoms with Crippen LogP contribution >= 0.6 is 24.0 Å². The molecule has 2 N–H and O–H groups in total. The molecule has 0 saturated carbocycles. The number of ether oxygens (including phenoxy) is 1. The van der Waals surface area contributed by atoms with Crippen LogP contribution in [0.1, 0.15) is 33.0 Å². The Balaban J connectivity index is 2.53. The highest BCUT2D eigenvalue weighted by atomic mass is 32.2. The minimum absolute atomic E-state index is 0.0154. The number of benzene rings is 1. The fourth-order valence-electron chi connectivity index (χ4n) is 2.54. The molecule has 0 bridgehead atoms. The molecule has 0 saturated heterocycles. The maximum atomic E-state index is 12.5. The average molecular weight is 446 g/mol. The Bertz CT molecular complexity index is 1020. The second-order valence-electron chi connectivity index (χ2n) is 7.16. The number of hydrogen-bond donors (Lipinski definition) is 2. The molecular formula is C17H23N3O5S3. The second-order valence-corrected chi connectivity index (χ2v) is 10.8. The first kappa shape index (κ1) is 22.4. The third kappa shape index (κ3) is 5.15. The van der Waals surface area contributed by atoms with Crippen LogP contribution in [-0.4, -0.2) is 51.9 Å². The molecule has 0 radical (unpaired) electrons. The van der Waals surface area contributed by atoms with E-state index in [-0.39, 0.29) is 6.42 Å². The molecule has 11 heteroatoms. The summed E-state index contributed by atoms with van der Waals surface area (Å²) in [5, 5.41) is 11.7. The van der Waals surface area contributed by atoms with E-state index in [4.69, 9.17) is 22.1 Å². The lowest BCUT2D eigenvalue weighted by Crippen LogP contribution is -2.23. The lowest BCUT2D eigenvalue weighted by Gasteiger charge is -2.19. The molecule has 1 aromatic heterocycles. The smallest absolute Gasteiger partial charge is 0.304 e. The van der Waals surface area contributed by atoms with E-state index in [0.717, 1.165) is 6.26 Å².